The summed E-state index contributed by atoms with van der Waals surface area (Å²) in [7, 11) is 0. The summed E-state index contributed by atoms with van der Waals surface area (Å²) in [5.41, 5.74) is 0.820. The standard InChI is InChI=1S/C13H17NO4/c15-10-3-4-14(6-10)7-11(16)9-1-2-12-13(5-9)18-8-17-12/h1-2,5,10-11,15-16H,3-4,6-8H2. The van der Waals surface area contributed by atoms with Crippen LogP contribution in [0.5, 0.6) is 11.5 Å². The topological polar surface area (TPSA) is 62.2 Å². The maximum atomic E-state index is 10.2. The van der Waals surface area contributed by atoms with Gasteiger partial charge < -0.3 is 19.7 Å². The zero-order chi connectivity index (χ0) is 12.5. The van der Waals surface area contributed by atoms with E-state index in [1.165, 1.54) is 0 Å². The first-order chi connectivity index (χ1) is 8.72. The van der Waals surface area contributed by atoms with E-state index in [9.17, 15) is 10.2 Å². The molecule has 0 aliphatic carbocycles. The maximum absolute atomic E-state index is 10.2. The molecule has 0 bridgehead atoms. The van der Waals surface area contributed by atoms with E-state index in [2.05, 4.69) is 4.90 Å². The first-order valence-electron chi connectivity index (χ1n) is 6.20. The summed E-state index contributed by atoms with van der Waals surface area (Å²) in [4.78, 5) is 2.07. The predicted molar refractivity (Wildman–Crippen MR) is 64.6 cm³/mol. The summed E-state index contributed by atoms with van der Waals surface area (Å²) < 4.78 is 10.5. The second kappa shape index (κ2) is 4.76. The van der Waals surface area contributed by atoms with Crippen molar-refractivity contribution >= 4 is 0 Å². The van der Waals surface area contributed by atoms with Crippen LogP contribution in [-0.2, 0) is 0 Å². The van der Waals surface area contributed by atoms with Crippen molar-refractivity contribution in [3.63, 3.8) is 0 Å². The number of nitrogens with zero attached hydrogens (tertiary/aromatic N) is 1. The van der Waals surface area contributed by atoms with Crippen molar-refractivity contribution in [1.29, 1.82) is 0 Å². The SMILES string of the molecule is OC1CCN(CC(O)c2ccc3c(c2)OCO3)C1. The van der Waals surface area contributed by atoms with Gasteiger partial charge in [-0.3, -0.25) is 4.90 Å². The minimum atomic E-state index is -0.565. The summed E-state index contributed by atoms with van der Waals surface area (Å²) in [6.07, 6.45) is -0.0350. The first kappa shape index (κ1) is 11.8. The number of aliphatic hydroxyl groups excluding tert-OH is 2. The van der Waals surface area contributed by atoms with Gasteiger partial charge in [-0.25, -0.2) is 0 Å². The molecule has 2 N–H and O–H groups in total. The van der Waals surface area contributed by atoms with Crippen molar-refractivity contribution in [1.82, 2.24) is 4.90 Å². The molecule has 5 nitrogen and oxygen atoms in total. The number of ether oxygens (including phenoxy) is 2. The van der Waals surface area contributed by atoms with E-state index in [1.807, 2.05) is 18.2 Å². The zero-order valence-electron chi connectivity index (χ0n) is 10.1. The molecule has 0 amide bonds. The molecule has 5 heteroatoms. The van der Waals surface area contributed by atoms with Crippen molar-refractivity contribution in [2.24, 2.45) is 0 Å². The normalized spacial score (nSPS) is 24.4. The molecule has 2 unspecified atom stereocenters. The van der Waals surface area contributed by atoms with Gasteiger partial charge in [-0.05, 0) is 24.1 Å². The third-order valence-corrected chi connectivity index (χ3v) is 3.46. The Morgan fingerprint density at radius 2 is 2.17 bits per heavy atom. The molecule has 1 saturated heterocycles. The molecule has 2 aliphatic rings. The zero-order valence-corrected chi connectivity index (χ0v) is 10.1. The largest absolute Gasteiger partial charge is 0.454 e. The third-order valence-electron chi connectivity index (χ3n) is 3.46. The first-order valence-corrected chi connectivity index (χ1v) is 6.20. The highest BCUT2D eigenvalue weighted by Gasteiger charge is 2.23. The number of hydrogen-bond donors (Lipinski definition) is 2. The molecule has 0 radical (unpaired) electrons. The van der Waals surface area contributed by atoms with Crippen molar-refractivity contribution in [2.45, 2.75) is 18.6 Å². The lowest BCUT2D eigenvalue weighted by atomic mass is 10.1. The van der Waals surface area contributed by atoms with Gasteiger partial charge in [0.1, 0.15) is 0 Å². The molecular weight excluding hydrogens is 234 g/mol. The van der Waals surface area contributed by atoms with Gasteiger partial charge in [0.2, 0.25) is 6.79 Å². The number of β-amino-alcohol motifs (C(OH)–C–C–N with tert-alkyl or cyclic N) is 2. The van der Waals surface area contributed by atoms with Crippen molar-refractivity contribution in [2.75, 3.05) is 26.4 Å². The fourth-order valence-corrected chi connectivity index (χ4v) is 2.45. The summed E-state index contributed by atoms with van der Waals surface area (Å²) in [5, 5.41) is 19.6. The summed E-state index contributed by atoms with van der Waals surface area (Å²) in [6, 6.07) is 5.49. The lowest BCUT2D eigenvalue weighted by molar-refractivity contribution is 0.113. The highest BCUT2D eigenvalue weighted by Crippen LogP contribution is 2.34. The molecule has 98 valence electrons. The minimum absolute atomic E-state index is 0.243. The van der Waals surface area contributed by atoms with Gasteiger partial charge in [-0.1, -0.05) is 6.07 Å². The summed E-state index contributed by atoms with van der Waals surface area (Å²) in [6.45, 7) is 2.26. The number of fused-ring (bicyclic) bond motifs is 1. The predicted octanol–water partition coefficient (Wildman–Crippen LogP) is 0.515. The summed E-state index contributed by atoms with van der Waals surface area (Å²) >= 11 is 0. The van der Waals surface area contributed by atoms with E-state index in [1.54, 1.807) is 0 Å². The number of benzene rings is 1. The fourth-order valence-electron chi connectivity index (χ4n) is 2.45. The second-order valence-corrected chi connectivity index (χ2v) is 4.83. The van der Waals surface area contributed by atoms with Gasteiger partial charge in [0.25, 0.3) is 0 Å². The Morgan fingerprint density at radius 1 is 1.33 bits per heavy atom. The van der Waals surface area contributed by atoms with Crippen LogP contribution in [0.4, 0.5) is 0 Å². The van der Waals surface area contributed by atoms with E-state index < -0.39 is 6.10 Å². The van der Waals surface area contributed by atoms with Crippen molar-refractivity contribution in [3.8, 4) is 11.5 Å². The van der Waals surface area contributed by atoms with Crippen LogP contribution in [0.2, 0.25) is 0 Å². The van der Waals surface area contributed by atoms with Crippen LogP contribution in [0.15, 0.2) is 18.2 Å². The third kappa shape index (κ3) is 2.29. The van der Waals surface area contributed by atoms with Gasteiger partial charge >= 0.3 is 0 Å². The average molecular weight is 251 g/mol. The molecule has 18 heavy (non-hydrogen) atoms. The Hall–Kier alpha value is -1.30. The van der Waals surface area contributed by atoms with Gasteiger partial charge in [0.05, 0.1) is 12.2 Å². The van der Waals surface area contributed by atoms with Crippen LogP contribution in [-0.4, -0.2) is 47.6 Å². The van der Waals surface area contributed by atoms with Crippen LogP contribution < -0.4 is 9.47 Å². The van der Waals surface area contributed by atoms with Crippen LogP contribution in [0.1, 0.15) is 18.1 Å². The lowest BCUT2D eigenvalue weighted by Crippen LogP contribution is -2.27. The lowest BCUT2D eigenvalue weighted by Gasteiger charge is -2.19. The van der Waals surface area contributed by atoms with E-state index in [-0.39, 0.29) is 12.9 Å². The molecule has 3 rings (SSSR count). The highest BCUT2D eigenvalue weighted by atomic mass is 16.7. The Labute approximate surface area is 106 Å². The monoisotopic (exact) mass is 251 g/mol. The van der Waals surface area contributed by atoms with E-state index in [0.29, 0.717) is 18.8 Å². The molecule has 0 saturated carbocycles. The highest BCUT2D eigenvalue weighted by molar-refractivity contribution is 5.45. The van der Waals surface area contributed by atoms with E-state index >= 15 is 0 Å². The maximum Gasteiger partial charge on any atom is 0.231 e. The Morgan fingerprint density at radius 3 is 2.94 bits per heavy atom. The van der Waals surface area contributed by atoms with Crippen molar-refractivity contribution < 1.29 is 19.7 Å². The smallest absolute Gasteiger partial charge is 0.231 e. The van der Waals surface area contributed by atoms with Gasteiger partial charge in [0, 0.05) is 19.6 Å². The van der Waals surface area contributed by atoms with Crippen LogP contribution in [0, 0.1) is 0 Å². The van der Waals surface area contributed by atoms with E-state index in [0.717, 1.165) is 24.3 Å². The summed E-state index contributed by atoms with van der Waals surface area (Å²) in [5.74, 6) is 1.41. The van der Waals surface area contributed by atoms with Crippen LogP contribution in [0.3, 0.4) is 0 Å². The molecule has 0 aromatic heterocycles. The molecule has 1 aromatic rings. The number of aliphatic hydroxyl groups is 2. The Balaban J connectivity index is 1.67. The van der Waals surface area contributed by atoms with Crippen LogP contribution >= 0.6 is 0 Å². The fraction of sp³-hybridized carbons (Fsp3) is 0.538. The minimum Gasteiger partial charge on any atom is -0.454 e. The van der Waals surface area contributed by atoms with E-state index in [4.69, 9.17) is 9.47 Å². The van der Waals surface area contributed by atoms with Gasteiger partial charge in [-0.15, -0.1) is 0 Å². The number of likely N-dealkylation sites (tertiary alicyclic amines) is 1. The Bertz CT molecular complexity index is 437. The van der Waals surface area contributed by atoms with Crippen LogP contribution in [0.25, 0.3) is 0 Å². The molecule has 1 aromatic carbocycles. The molecule has 1 fully saturated rings. The number of rotatable bonds is 3. The quantitative estimate of drug-likeness (QED) is 0.820. The van der Waals surface area contributed by atoms with Gasteiger partial charge in [0.15, 0.2) is 11.5 Å². The van der Waals surface area contributed by atoms with Crippen molar-refractivity contribution in [3.05, 3.63) is 23.8 Å². The number of hydrogen-bond acceptors (Lipinski definition) is 5. The Kier molecular flexibility index (Phi) is 3.11. The molecule has 0 spiro atoms. The molecule has 2 aliphatic heterocycles. The second-order valence-electron chi connectivity index (χ2n) is 4.83. The molecule has 2 heterocycles. The molecule has 2 atom stereocenters. The average Bonchev–Trinajstić information content (AvgIpc) is 2.96. The van der Waals surface area contributed by atoms with Gasteiger partial charge in [-0.2, -0.15) is 0 Å². The molecular formula is C13H17NO4.